The van der Waals surface area contributed by atoms with Crippen molar-refractivity contribution in [3.63, 3.8) is 0 Å². The van der Waals surface area contributed by atoms with Crippen molar-refractivity contribution in [3.8, 4) is 0 Å². The topological polar surface area (TPSA) is 67.3 Å². The molecule has 0 aliphatic rings. The minimum atomic E-state index is -3.63. The predicted octanol–water partition coefficient (Wildman–Crippen LogP) is 3.84. The third-order valence-corrected chi connectivity index (χ3v) is 7.16. The minimum absolute atomic E-state index is 0.200. The number of benzene rings is 1. The van der Waals surface area contributed by atoms with E-state index >= 15 is 0 Å². The number of hydrogen-bond donors (Lipinski definition) is 0. The second kappa shape index (κ2) is 9.28. The number of hydrogen-bond acceptors (Lipinski definition) is 5. The maximum Gasteiger partial charge on any atom is 0.245 e. The molecule has 1 atom stereocenters. The van der Waals surface area contributed by atoms with Gasteiger partial charge in [-0.3, -0.25) is 4.79 Å². The fourth-order valence-corrected chi connectivity index (χ4v) is 4.83. The Kier molecular flexibility index (Phi) is 7.34. The van der Waals surface area contributed by atoms with E-state index in [0.29, 0.717) is 17.9 Å². The zero-order valence-corrected chi connectivity index (χ0v) is 17.1. The van der Waals surface area contributed by atoms with E-state index in [9.17, 15) is 13.2 Å². The molecule has 0 saturated heterocycles. The molecule has 26 heavy (non-hydrogen) atoms. The number of anilines is 1. The lowest BCUT2D eigenvalue weighted by atomic mass is 10.2. The number of nitrogens with zero attached hydrogens (tertiary/aromatic N) is 2. The van der Waals surface area contributed by atoms with Crippen molar-refractivity contribution in [1.82, 2.24) is 4.98 Å². The molecule has 0 spiro atoms. The van der Waals surface area contributed by atoms with Crippen molar-refractivity contribution in [2.45, 2.75) is 51.0 Å². The molecule has 0 bridgehead atoms. The van der Waals surface area contributed by atoms with Crippen LogP contribution in [0.15, 0.2) is 35.7 Å². The molecule has 0 saturated carbocycles. The van der Waals surface area contributed by atoms with Gasteiger partial charge in [-0.25, -0.2) is 13.4 Å². The van der Waals surface area contributed by atoms with E-state index < -0.39 is 21.0 Å². The Morgan fingerprint density at radius 3 is 2.54 bits per heavy atom. The molecule has 1 amide bonds. The van der Waals surface area contributed by atoms with Gasteiger partial charge in [-0.1, -0.05) is 31.5 Å². The van der Waals surface area contributed by atoms with Crippen molar-refractivity contribution in [2.75, 3.05) is 11.4 Å². The van der Waals surface area contributed by atoms with Gasteiger partial charge in [0.15, 0.2) is 9.84 Å². The smallest absolute Gasteiger partial charge is 0.245 e. The Hall–Kier alpha value is -1.73. The summed E-state index contributed by atoms with van der Waals surface area (Å²) >= 11 is 1.49. The molecule has 0 N–H and O–H groups in total. The number of para-hydroxylation sites is 1. The largest absolute Gasteiger partial charge is 0.312 e. The number of unbranched alkanes of at least 4 members (excludes halogenated alkanes) is 1. The van der Waals surface area contributed by atoms with Gasteiger partial charge in [-0.2, -0.15) is 0 Å². The third kappa shape index (κ3) is 5.14. The summed E-state index contributed by atoms with van der Waals surface area (Å²) in [4.78, 5) is 18.7. The highest BCUT2D eigenvalue weighted by molar-refractivity contribution is 7.92. The molecule has 5 nitrogen and oxygen atoms in total. The molecule has 0 radical (unpaired) electrons. The van der Waals surface area contributed by atoms with Gasteiger partial charge in [0.2, 0.25) is 5.91 Å². The first-order valence-electron chi connectivity index (χ1n) is 8.90. The second-order valence-electron chi connectivity index (χ2n) is 6.20. The van der Waals surface area contributed by atoms with Gasteiger partial charge in [0.1, 0.15) is 5.25 Å². The van der Waals surface area contributed by atoms with E-state index in [1.54, 1.807) is 17.5 Å². The summed E-state index contributed by atoms with van der Waals surface area (Å²) in [5.41, 5.74) is 1.24. The zero-order valence-electron chi connectivity index (χ0n) is 15.5. The van der Waals surface area contributed by atoms with Gasteiger partial charge < -0.3 is 4.90 Å². The third-order valence-electron chi connectivity index (χ3n) is 4.23. The second-order valence-corrected chi connectivity index (χ2v) is 9.47. The fraction of sp³-hybridized carbons (Fsp3) is 0.474. The number of thiazole rings is 1. The first kappa shape index (κ1) is 20.6. The summed E-state index contributed by atoms with van der Waals surface area (Å²) in [5, 5.41) is 1.63. The van der Waals surface area contributed by atoms with Gasteiger partial charge in [0.25, 0.3) is 0 Å². The number of rotatable bonds is 9. The van der Waals surface area contributed by atoms with Crippen LogP contribution in [0.4, 0.5) is 5.69 Å². The number of carbonyl (C=O) groups is 1. The average molecular weight is 395 g/mol. The lowest BCUT2D eigenvalue weighted by Crippen LogP contribution is -2.42. The van der Waals surface area contributed by atoms with E-state index in [4.69, 9.17) is 0 Å². The van der Waals surface area contributed by atoms with Crippen LogP contribution in [0.1, 0.15) is 44.3 Å². The quantitative estimate of drug-likeness (QED) is 0.648. The van der Waals surface area contributed by atoms with Crippen molar-refractivity contribution >= 4 is 32.8 Å². The summed E-state index contributed by atoms with van der Waals surface area (Å²) < 4.78 is 25.5. The number of amides is 1. The Morgan fingerprint density at radius 2 is 1.92 bits per heavy atom. The zero-order chi connectivity index (χ0) is 19.2. The molecule has 7 heteroatoms. The van der Waals surface area contributed by atoms with E-state index in [-0.39, 0.29) is 5.75 Å². The summed E-state index contributed by atoms with van der Waals surface area (Å²) in [7, 11) is -3.63. The molecule has 142 valence electrons. The highest BCUT2D eigenvalue weighted by Crippen LogP contribution is 2.20. The maximum absolute atomic E-state index is 12.8. The molecule has 2 rings (SSSR count). The first-order valence-corrected chi connectivity index (χ1v) is 11.5. The Balaban J connectivity index is 2.12. The first-order chi connectivity index (χ1) is 12.4. The standard InChI is InChI=1S/C19H26N2O3S2/c1-4-6-12-18-20-16(13-25-18)14-26(23,24)15(3)19(22)21(5-2)17-10-8-7-9-11-17/h7-11,13,15H,4-6,12,14H2,1-3H3. The summed E-state index contributed by atoms with van der Waals surface area (Å²) in [6.45, 7) is 5.83. The van der Waals surface area contributed by atoms with Gasteiger partial charge in [-0.05, 0) is 38.8 Å². The summed E-state index contributed by atoms with van der Waals surface area (Å²) in [6, 6.07) is 9.14. The molecular weight excluding hydrogens is 368 g/mol. The normalized spacial score (nSPS) is 12.7. The van der Waals surface area contributed by atoms with Crippen LogP contribution in [-0.4, -0.2) is 31.1 Å². The molecular formula is C19H26N2O3S2. The van der Waals surface area contributed by atoms with Gasteiger partial charge in [0, 0.05) is 17.6 Å². The van der Waals surface area contributed by atoms with Crippen LogP contribution in [-0.2, 0) is 26.8 Å². The fourth-order valence-electron chi connectivity index (χ4n) is 2.64. The molecule has 0 aliphatic carbocycles. The number of sulfone groups is 1. The SMILES string of the molecule is CCCCc1nc(CS(=O)(=O)C(C)C(=O)N(CC)c2ccccc2)cs1. The summed E-state index contributed by atoms with van der Waals surface area (Å²) in [6.07, 6.45) is 2.98. The highest BCUT2D eigenvalue weighted by atomic mass is 32.2. The molecule has 1 aromatic carbocycles. The molecule has 0 fully saturated rings. The minimum Gasteiger partial charge on any atom is -0.312 e. The number of carbonyl (C=O) groups excluding carboxylic acids is 1. The predicted molar refractivity (Wildman–Crippen MR) is 107 cm³/mol. The molecule has 0 aliphatic heterocycles. The maximum atomic E-state index is 12.8. The summed E-state index contributed by atoms with van der Waals surface area (Å²) in [5.74, 6) is -0.602. The van der Waals surface area contributed by atoms with E-state index in [2.05, 4.69) is 11.9 Å². The van der Waals surface area contributed by atoms with Crippen LogP contribution in [0.5, 0.6) is 0 Å². The van der Waals surface area contributed by atoms with Gasteiger partial charge in [0.05, 0.1) is 16.5 Å². The highest BCUT2D eigenvalue weighted by Gasteiger charge is 2.32. The van der Waals surface area contributed by atoms with Crippen LogP contribution in [0.25, 0.3) is 0 Å². The van der Waals surface area contributed by atoms with E-state index in [0.717, 1.165) is 24.3 Å². The van der Waals surface area contributed by atoms with Crippen LogP contribution in [0.3, 0.4) is 0 Å². The van der Waals surface area contributed by atoms with Crippen molar-refractivity contribution in [2.24, 2.45) is 0 Å². The number of aromatic nitrogens is 1. The lowest BCUT2D eigenvalue weighted by molar-refractivity contribution is -0.117. The Bertz CT molecular complexity index is 816. The molecule has 1 heterocycles. The molecule has 1 aromatic heterocycles. The van der Waals surface area contributed by atoms with Crippen molar-refractivity contribution in [1.29, 1.82) is 0 Å². The van der Waals surface area contributed by atoms with Crippen molar-refractivity contribution < 1.29 is 13.2 Å². The van der Waals surface area contributed by atoms with E-state index in [1.165, 1.54) is 23.2 Å². The Morgan fingerprint density at radius 1 is 1.23 bits per heavy atom. The lowest BCUT2D eigenvalue weighted by Gasteiger charge is -2.24. The van der Waals surface area contributed by atoms with Crippen LogP contribution in [0.2, 0.25) is 0 Å². The van der Waals surface area contributed by atoms with Crippen molar-refractivity contribution in [3.05, 3.63) is 46.4 Å². The van der Waals surface area contributed by atoms with Gasteiger partial charge in [-0.15, -0.1) is 11.3 Å². The molecule has 1 unspecified atom stereocenters. The van der Waals surface area contributed by atoms with Gasteiger partial charge >= 0.3 is 0 Å². The molecule has 2 aromatic rings. The number of aryl methyl sites for hydroxylation is 1. The van der Waals surface area contributed by atoms with Crippen LogP contribution < -0.4 is 4.90 Å². The van der Waals surface area contributed by atoms with Crippen LogP contribution in [0, 0.1) is 0 Å². The Labute approximate surface area is 160 Å². The van der Waals surface area contributed by atoms with E-state index in [1.807, 2.05) is 25.1 Å². The monoisotopic (exact) mass is 394 g/mol. The average Bonchev–Trinajstić information content (AvgIpc) is 3.07. The van der Waals surface area contributed by atoms with Crippen LogP contribution >= 0.6 is 11.3 Å².